The van der Waals surface area contributed by atoms with Gasteiger partial charge in [-0.3, -0.25) is 23.9 Å². The maximum absolute atomic E-state index is 12.8. The Kier molecular flexibility index (Phi) is 12.9. The van der Waals surface area contributed by atoms with Gasteiger partial charge in [-0.05, 0) is 25.3 Å². The number of aliphatic hydroxyl groups is 7. The number of nitrogens with one attached hydrogen (secondary N) is 3. The molecule has 3 fully saturated rings. The molecule has 3 aliphatic heterocycles. The highest BCUT2D eigenvalue weighted by molar-refractivity contribution is 5.87. The fourth-order valence-electron chi connectivity index (χ4n) is 5.95. The van der Waals surface area contributed by atoms with Crippen molar-refractivity contribution in [3.8, 4) is 0 Å². The molecule has 3 aliphatic rings. The van der Waals surface area contributed by atoms with E-state index in [-0.39, 0.29) is 5.92 Å². The van der Waals surface area contributed by atoms with E-state index in [1.54, 1.807) is 6.08 Å². The van der Waals surface area contributed by atoms with Gasteiger partial charge < -0.3 is 65.3 Å². The van der Waals surface area contributed by atoms with Crippen LogP contribution in [0.25, 0.3) is 0 Å². The molecule has 0 aliphatic carbocycles. The lowest BCUT2D eigenvalue weighted by Gasteiger charge is -2.47. The maximum atomic E-state index is 12.8. The molecule has 19 heteroatoms. The molecule has 10 N–H and O–H groups in total. The molecule has 0 bridgehead atoms. The minimum Gasteiger partial charge on any atom is -0.390 e. The number of rotatable bonds is 11. The average Bonchev–Trinajstić information content (AvgIpc) is 3.31. The van der Waals surface area contributed by atoms with Crippen LogP contribution in [0.4, 0.5) is 0 Å². The third-order valence-electron chi connectivity index (χ3n) is 8.62. The highest BCUT2D eigenvalue weighted by Gasteiger charge is 2.53. The van der Waals surface area contributed by atoms with Gasteiger partial charge in [0.15, 0.2) is 18.8 Å². The minimum atomic E-state index is -1.80. The van der Waals surface area contributed by atoms with Crippen LogP contribution in [0.1, 0.15) is 46.8 Å². The summed E-state index contributed by atoms with van der Waals surface area (Å²) < 4.78 is 24.0. The fraction of sp³-hybridized carbons (Fsp3) is 0.733. The zero-order valence-electron chi connectivity index (χ0n) is 27.3. The molecule has 3 saturated heterocycles. The van der Waals surface area contributed by atoms with Crippen molar-refractivity contribution in [3.63, 3.8) is 0 Å². The van der Waals surface area contributed by atoms with Crippen LogP contribution in [0.5, 0.6) is 0 Å². The van der Waals surface area contributed by atoms with E-state index in [2.05, 4.69) is 10.6 Å². The first-order chi connectivity index (χ1) is 23.0. The van der Waals surface area contributed by atoms with Crippen LogP contribution in [-0.4, -0.2) is 143 Å². The van der Waals surface area contributed by atoms with Crippen LogP contribution < -0.4 is 21.9 Å². The van der Waals surface area contributed by atoms with E-state index in [1.165, 1.54) is 13.0 Å². The second-order valence-corrected chi connectivity index (χ2v) is 12.9. The Bertz CT molecular complexity index is 1440. The van der Waals surface area contributed by atoms with Crippen molar-refractivity contribution in [2.24, 2.45) is 5.92 Å². The highest BCUT2D eigenvalue weighted by Crippen LogP contribution is 2.34. The van der Waals surface area contributed by atoms with Gasteiger partial charge in [-0.2, -0.15) is 0 Å². The van der Waals surface area contributed by atoms with Crippen LogP contribution >= 0.6 is 0 Å². The molecule has 15 unspecified atom stereocenters. The number of H-pyrrole nitrogens is 1. The standard InChI is InChI=1S/C30H46N4O15/c1-11(2)6-5-7-16(37)32-19-23(42)21(40)15(47-29(19)49-28-18(31-13(4)35)22(41)20(39)12(3)46-28)10-14(36)26-24(43)25(44)27(48-26)34-9-8-17(38)33-30(34)45/h5,7-9,11-12,14-15,18-29,36,39-44H,6,10H2,1-4H3,(H,31,35)(H,32,37)(H,33,38,45)/b7-5-. The summed E-state index contributed by atoms with van der Waals surface area (Å²) in [4.78, 5) is 50.5. The predicted octanol–water partition coefficient (Wildman–Crippen LogP) is -4.57. The first-order valence-electron chi connectivity index (χ1n) is 15.9. The monoisotopic (exact) mass is 702 g/mol. The van der Waals surface area contributed by atoms with Crippen molar-refractivity contribution < 1.29 is 64.3 Å². The zero-order valence-corrected chi connectivity index (χ0v) is 27.3. The second kappa shape index (κ2) is 16.3. The van der Waals surface area contributed by atoms with E-state index in [0.717, 1.165) is 23.8 Å². The number of carbonyl (C=O) groups excluding carboxylic acids is 2. The number of aliphatic hydroxyl groups excluding tert-OH is 7. The van der Waals surface area contributed by atoms with E-state index in [0.29, 0.717) is 6.42 Å². The molecule has 4 rings (SSSR count). The van der Waals surface area contributed by atoms with Gasteiger partial charge in [0.25, 0.3) is 5.56 Å². The van der Waals surface area contributed by atoms with Crippen molar-refractivity contribution in [2.45, 2.75) is 132 Å². The summed E-state index contributed by atoms with van der Waals surface area (Å²) in [7, 11) is 0. The molecule has 15 atom stereocenters. The smallest absolute Gasteiger partial charge is 0.330 e. The molecule has 0 saturated carbocycles. The molecule has 1 aromatic rings. The first kappa shape index (κ1) is 38.7. The van der Waals surface area contributed by atoms with Crippen LogP contribution in [0.3, 0.4) is 0 Å². The molecule has 0 spiro atoms. The Morgan fingerprint density at radius 3 is 2.20 bits per heavy atom. The maximum Gasteiger partial charge on any atom is 0.330 e. The molecule has 4 heterocycles. The lowest BCUT2D eigenvalue weighted by molar-refractivity contribution is -0.343. The summed E-state index contributed by atoms with van der Waals surface area (Å²) in [5.74, 6) is -1.05. The molecular formula is C30H46N4O15. The van der Waals surface area contributed by atoms with Gasteiger partial charge in [-0.25, -0.2) is 4.79 Å². The molecule has 1 aromatic heterocycles. The molecule has 0 radical (unpaired) electrons. The quantitative estimate of drug-likeness (QED) is 0.0972. The number of hydrogen-bond donors (Lipinski definition) is 10. The minimum absolute atomic E-state index is 0.243. The van der Waals surface area contributed by atoms with Gasteiger partial charge in [-0.1, -0.05) is 19.9 Å². The van der Waals surface area contributed by atoms with Crippen LogP contribution in [0, 0.1) is 5.92 Å². The van der Waals surface area contributed by atoms with E-state index in [4.69, 9.17) is 18.9 Å². The van der Waals surface area contributed by atoms with Gasteiger partial charge in [-0.15, -0.1) is 0 Å². The largest absolute Gasteiger partial charge is 0.390 e. The first-order valence-corrected chi connectivity index (χ1v) is 15.9. The normalized spacial score (nSPS) is 38.9. The van der Waals surface area contributed by atoms with E-state index >= 15 is 0 Å². The second-order valence-electron chi connectivity index (χ2n) is 12.9. The Balaban J connectivity index is 1.57. The number of allylic oxidation sites excluding steroid dienone is 1. The van der Waals surface area contributed by atoms with Gasteiger partial charge >= 0.3 is 5.69 Å². The van der Waals surface area contributed by atoms with E-state index in [9.17, 15) is 54.9 Å². The van der Waals surface area contributed by atoms with Gasteiger partial charge in [0, 0.05) is 25.6 Å². The Morgan fingerprint density at radius 2 is 1.57 bits per heavy atom. The van der Waals surface area contributed by atoms with Crippen molar-refractivity contribution in [1.82, 2.24) is 20.2 Å². The Morgan fingerprint density at radius 1 is 0.939 bits per heavy atom. The average molecular weight is 703 g/mol. The number of aromatic amines is 1. The van der Waals surface area contributed by atoms with Gasteiger partial charge in [0.2, 0.25) is 11.8 Å². The number of hydrogen-bond acceptors (Lipinski definition) is 15. The van der Waals surface area contributed by atoms with Crippen molar-refractivity contribution in [3.05, 3.63) is 45.3 Å². The molecule has 0 aromatic carbocycles. The summed E-state index contributed by atoms with van der Waals surface area (Å²) in [6.45, 7) is 6.47. The molecular weight excluding hydrogens is 656 g/mol. The van der Waals surface area contributed by atoms with Gasteiger partial charge in [0.05, 0.1) is 18.3 Å². The Hall–Kier alpha value is -3.08. The molecule has 19 nitrogen and oxygen atoms in total. The molecule has 276 valence electrons. The van der Waals surface area contributed by atoms with Crippen LogP contribution in [-0.2, 0) is 28.5 Å². The number of nitrogens with zero attached hydrogens (tertiary/aromatic N) is 1. The lowest BCUT2D eigenvalue weighted by Crippen LogP contribution is -2.68. The lowest BCUT2D eigenvalue weighted by atomic mass is 9.91. The predicted molar refractivity (Wildman–Crippen MR) is 164 cm³/mol. The van der Waals surface area contributed by atoms with E-state index < -0.39 is 121 Å². The summed E-state index contributed by atoms with van der Waals surface area (Å²) in [6, 6.07) is -1.84. The van der Waals surface area contributed by atoms with E-state index in [1.807, 2.05) is 18.8 Å². The third-order valence-corrected chi connectivity index (χ3v) is 8.62. The van der Waals surface area contributed by atoms with Crippen molar-refractivity contribution in [2.75, 3.05) is 0 Å². The third kappa shape index (κ3) is 8.99. The summed E-state index contributed by atoms with van der Waals surface area (Å²) in [5, 5.41) is 80.7. The summed E-state index contributed by atoms with van der Waals surface area (Å²) in [6.07, 6.45) is -16.7. The van der Waals surface area contributed by atoms with Crippen LogP contribution in [0.2, 0.25) is 0 Å². The van der Waals surface area contributed by atoms with Crippen molar-refractivity contribution in [1.29, 1.82) is 0 Å². The Labute approximate surface area is 280 Å². The fourth-order valence-corrected chi connectivity index (χ4v) is 5.95. The molecule has 49 heavy (non-hydrogen) atoms. The van der Waals surface area contributed by atoms with Crippen LogP contribution in [0.15, 0.2) is 34.0 Å². The number of carbonyl (C=O) groups is 2. The van der Waals surface area contributed by atoms with Crippen molar-refractivity contribution >= 4 is 11.8 Å². The molecule has 2 amide bonds. The zero-order chi connectivity index (χ0) is 36.3. The summed E-state index contributed by atoms with van der Waals surface area (Å²) >= 11 is 0. The highest BCUT2D eigenvalue weighted by atomic mass is 16.8. The van der Waals surface area contributed by atoms with Gasteiger partial charge in [0.1, 0.15) is 54.8 Å². The summed E-state index contributed by atoms with van der Waals surface area (Å²) in [5.41, 5.74) is -1.66. The topological polar surface area (TPSA) is 292 Å². The number of ether oxygens (including phenoxy) is 4. The number of amides is 2. The SMILES string of the molecule is CC(=O)NC1C(OC2OC(CC(O)C3OC(n4ccc(=O)[nH]c4=O)C(O)C3O)C(O)C(O)C2NC(=O)/C=C\CC(C)C)OC(C)C(O)C1O. The number of aromatic nitrogens is 2.